The number of hydrogen-bond acceptors (Lipinski definition) is 1. The van der Waals surface area contributed by atoms with E-state index >= 15 is 0 Å². The van der Waals surface area contributed by atoms with Gasteiger partial charge >= 0.3 is 0 Å². The molecule has 20 heavy (non-hydrogen) atoms. The van der Waals surface area contributed by atoms with Crippen molar-refractivity contribution in [3.63, 3.8) is 0 Å². The first-order valence-electron chi connectivity index (χ1n) is 9.01. The van der Waals surface area contributed by atoms with Crippen molar-refractivity contribution in [3.05, 3.63) is 12.7 Å². The molecule has 0 saturated carbocycles. The molecule has 0 unspecified atom stereocenters. The molecule has 0 aromatic heterocycles. The molecular formula is C19H39N. The van der Waals surface area contributed by atoms with Gasteiger partial charge in [-0.3, -0.25) is 0 Å². The van der Waals surface area contributed by atoms with E-state index in [2.05, 4.69) is 32.7 Å². The molecule has 0 atom stereocenters. The summed E-state index contributed by atoms with van der Waals surface area (Å²) in [4.78, 5) is 0. The zero-order valence-corrected chi connectivity index (χ0v) is 14.5. The summed E-state index contributed by atoms with van der Waals surface area (Å²) in [5, 5.41) is 3.53. The first-order valence-corrected chi connectivity index (χ1v) is 9.01. The van der Waals surface area contributed by atoms with Gasteiger partial charge in [-0.05, 0) is 26.8 Å². The molecule has 0 aliphatic rings. The van der Waals surface area contributed by atoms with Crippen LogP contribution in [0.15, 0.2) is 12.7 Å². The SMILES string of the molecule is C=CC(C)(C)NCCCCCCCCCCCCCC. The third-order valence-corrected chi connectivity index (χ3v) is 4.12. The maximum atomic E-state index is 3.85. The topological polar surface area (TPSA) is 12.0 Å². The van der Waals surface area contributed by atoms with Crippen LogP contribution in [0, 0.1) is 0 Å². The van der Waals surface area contributed by atoms with E-state index in [1.807, 2.05) is 6.08 Å². The van der Waals surface area contributed by atoms with Crippen molar-refractivity contribution >= 4 is 0 Å². The normalized spacial score (nSPS) is 11.8. The summed E-state index contributed by atoms with van der Waals surface area (Å²) in [7, 11) is 0. The van der Waals surface area contributed by atoms with Crippen LogP contribution in [0.5, 0.6) is 0 Å². The highest BCUT2D eigenvalue weighted by atomic mass is 14.9. The second-order valence-electron chi connectivity index (χ2n) is 6.74. The maximum absolute atomic E-state index is 3.85. The van der Waals surface area contributed by atoms with Crippen LogP contribution in [0.4, 0.5) is 0 Å². The average molecular weight is 282 g/mol. The molecule has 0 rings (SSSR count). The highest BCUT2D eigenvalue weighted by Gasteiger charge is 2.09. The van der Waals surface area contributed by atoms with E-state index in [0.717, 1.165) is 6.54 Å². The Hall–Kier alpha value is -0.300. The number of nitrogens with one attached hydrogen (secondary N) is 1. The molecule has 0 radical (unpaired) electrons. The minimum Gasteiger partial charge on any atom is -0.308 e. The highest BCUT2D eigenvalue weighted by Crippen LogP contribution is 2.12. The number of hydrogen-bond donors (Lipinski definition) is 1. The van der Waals surface area contributed by atoms with Gasteiger partial charge in [0, 0.05) is 5.54 Å². The molecule has 0 saturated heterocycles. The van der Waals surface area contributed by atoms with Gasteiger partial charge in [-0.15, -0.1) is 6.58 Å². The smallest absolute Gasteiger partial charge is 0.0304 e. The second kappa shape index (κ2) is 13.7. The molecule has 0 aromatic rings. The Labute approximate surface area is 128 Å². The van der Waals surface area contributed by atoms with Gasteiger partial charge in [0.25, 0.3) is 0 Å². The molecular weight excluding hydrogens is 242 g/mol. The molecule has 0 aromatic carbocycles. The summed E-state index contributed by atoms with van der Waals surface area (Å²) in [6.45, 7) is 11.6. The highest BCUT2D eigenvalue weighted by molar-refractivity contribution is 4.94. The van der Waals surface area contributed by atoms with Crippen LogP contribution in [0.25, 0.3) is 0 Å². The molecule has 0 aliphatic heterocycles. The van der Waals surface area contributed by atoms with Crippen molar-refractivity contribution in [1.82, 2.24) is 5.32 Å². The second-order valence-corrected chi connectivity index (χ2v) is 6.74. The summed E-state index contributed by atoms with van der Waals surface area (Å²) in [5.74, 6) is 0. The van der Waals surface area contributed by atoms with Crippen molar-refractivity contribution in [3.8, 4) is 0 Å². The third-order valence-electron chi connectivity index (χ3n) is 4.12. The lowest BCUT2D eigenvalue weighted by molar-refractivity contribution is 0.457. The van der Waals surface area contributed by atoms with Gasteiger partial charge in [0.1, 0.15) is 0 Å². The molecule has 0 heterocycles. The van der Waals surface area contributed by atoms with Gasteiger partial charge in [-0.1, -0.05) is 83.6 Å². The van der Waals surface area contributed by atoms with E-state index < -0.39 is 0 Å². The third kappa shape index (κ3) is 14.1. The average Bonchev–Trinajstić information content (AvgIpc) is 2.44. The predicted octanol–water partition coefficient (Wildman–Crippen LogP) is 6.24. The summed E-state index contributed by atoms with van der Waals surface area (Å²) < 4.78 is 0. The monoisotopic (exact) mass is 281 g/mol. The predicted molar refractivity (Wildman–Crippen MR) is 93.4 cm³/mol. The van der Waals surface area contributed by atoms with Gasteiger partial charge in [0.2, 0.25) is 0 Å². The van der Waals surface area contributed by atoms with Crippen LogP contribution in [-0.4, -0.2) is 12.1 Å². The van der Waals surface area contributed by atoms with E-state index in [0.29, 0.717) is 0 Å². The lowest BCUT2D eigenvalue weighted by Crippen LogP contribution is -2.37. The molecule has 0 amide bonds. The van der Waals surface area contributed by atoms with Gasteiger partial charge in [-0.2, -0.15) is 0 Å². The Morgan fingerprint density at radius 3 is 1.55 bits per heavy atom. The summed E-state index contributed by atoms with van der Waals surface area (Å²) >= 11 is 0. The van der Waals surface area contributed by atoms with Crippen LogP contribution in [0.2, 0.25) is 0 Å². The number of unbranched alkanes of at least 4 members (excludes halogenated alkanes) is 11. The van der Waals surface area contributed by atoms with Crippen molar-refractivity contribution in [1.29, 1.82) is 0 Å². The lowest BCUT2D eigenvalue weighted by Gasteiger charge is -2.21. The summed E-state index contributed by atoms with van der Waals surface area (Å²) in [6, 6.07) is 0. The van der Waals surface area contributed by atoms with Gasteiger partial charge in [-0.25, -0.2) is 0 Å². The van der Waals surface area contributed by atoms with E-state index in [9.17, 15) is 0 Å². The molecule has 120 valence electrons. The van der Waals surface area contributed by atoms with Crippen LogP contribution in [0.1, 0.15) is 97.8 Å². The first-order chi connectivity index (χ1) is 9.62. The molecule has 0 fully saturated rings. The van der Waals surface area contributed by atoms with Crippen molar-refractivity contribution in [2.75, 3.05) is 6.54 Å². The van der Waals surface area contributed by atoms with Crippen molar-refractivity contribution in [2.45, 2.75) is 103 Å². The van der Waals surface area contributed by atoms with Crippen molar-refractivity contribution in [2.24, 2.45) is 0 Å². The molecule has 1 N–H and O–H groups in total. The summed E-state index contributed by atoms with van der Waals surface area (Å²) in [5.41, 5.74) is 0.0950. The fourth-order valence-electron chi connectivity index (χ4n) is 2.45. The van der Waals surface area contributed by atoms with Gasteiger partial charge in [0.05, 0.1) is 0 Å². The largest absolute Gasteiger partial charge is 0.308 e. The first kappa shape index (κ1) is 19.7. The molecule has 0 bridgehead atoms. The Kier molecular flexibility index (Phi) is 13.5. The minimum atomic E-state index is 0.0950. The zero-order chi connectivity index (χ0) is 15.1. The fraction of sp³-hybridized carbons (Fsp3) is 0.895. The number of rotatable bonds is 15. The van der Waals surface area contributed by atoms with Crippen LogP contribution < -0.4 is 5.32 Å². The Morgan fingerprint density at radius 1 is 0.750 bits per heavy atom. The minimum absolute atomic E-state index is 0.0950. The Bertz CT molecular complexity index is 208. The standard InChI is InChI=1S/C19H39N/c1-5-7-8-9-10-11-12-13-14-15-16-17-18-20-19(3,4)6-2/h6,20H,2,5,7-18H2,1,3-4H3. The quantitative estimate of drug-likeness (QED) is 0.277. The zero-order valence-electron chi connectivity index (χ0n) is 14.5. The van der Waals surface area contributed by atoms with Gasteiger partial charge in [0.15, 0.2) is 0 Å². The summed E-state index contributed by atoms with van der Waals surface area (Å²) in [6.07, 6.45) is 19.0. The fourth-order valence-corrected chi connectivity index (χ4v) is 2.45. The Morgan fingerprint density at radius 2 is 1.15 bits per heavy atom. The van der Waals surface area contributed by atoms with Crippen LogP contribution in [-0.2, 0) is 0 Å². The molecule has 0 aliphatic carbocycles. The lowest BCUT2D eigenvalue weighted by atomic mass is 10.0. The molecule has 0 spiro atoms. The Balaban J connectivity index is 3.08. The van der Waals surface area contributed by atoms with Crippen molar-refractivity contribution < 1.29 is 0 Å². The molecule has 1 nitrogen and oxygen atoms in total. The van der Waals surface area contributed by atoms with E-state index in [1.165, 1.54) is 77.0 Å². The van der Waals surface area contributed by atoms with E-state index in [1.54, 1.807) is 0 Å². The molecule has 1 heteroatoms. The van der Waals surface area contributed by atoms with Crippen LogP contribution >= 0.6 is 0 Å². The van der Waals surface area contributed by atoms with Crippen LogP contribution in [0.3, 0.4) is 0 Å². The van der Waals surface area contributed by atoms with E-state index in [4.69, 9.17) is 0 Å². The van der Waals surface area contributed by atoms with E-state index in [-0.39, 0.29) is 5.54 Å². The van der Waals surface area contributed by atoms with Gasteiger partial charge < -0.3 is 5.32 Å². The maximum Gasteiger partial charge on any atom is 0.0304 e.